The van der Waals surface area contributed by atoms with Gasteiger partial charge in [-0.3, -0.25) is 37.3 Å². The predicted molar refractivity (Wildman–Crippen MR) is 372 cm³/mol. The molecule has 92 heavy (non-hydrogen) atoms. The van der Waals surface area contributed by atoms with Crippen molar-refractivity contribution in [2.75, 3.05) is 39.6 Å². The normalized spacial score (nSPS) is 14.0. The molecule has 17 nitrogen and oxygen atoms in total. The molecule has 0 amide bonds. The standard InChI is InChI=1S/C73H142O17P2/c1-6-9-12-15-18-21-23-25-27-29-33-39-44-49-54-59-73(78)90-69(63-84-71(76)57-52-47-42-37-34-30-31-36-40-45-50-55-66(4)5)65-88-92(81,82)86-61-67(74)60-85-91(79,80)87-64-68(62-83-70(75)56-51-46-41-35-20-17-14-11-8-3)89-72(77)58-53-48-43-38-32-28-26-24-22-19-16-13-10-7-2/h66-69,74H,6-65H2,1-5H3,(H,79,80)(H,81,82)/t67-,68+,69+/m0/s1. The molecule has 0 aromatic heterocycles. The minimum Gasteiger partial charge on any atom is -0.462 e. The van der Waals surface area contributed by atoms with Gasteiger partial charge in [0.2, 0.25) is 0 Å². The molecule has 546 valence electrons. The van der Waals surface area contributed by atoms with E-state index in [9.17, 15) is 43.2 Å². The molecule has 0 aromatic rings. The van der Waals surface area contributed by atoms with E-state index < -0.39 is 97.5 Å². The van der Waals surface area contributed by atoms with E-state index in [1.807, 2.05) is 0 Å². The van der Waals surface area contributed by atoms with Gasteiger partial charge in [-0.2, -0.15) is 0 Å². The van der Waals surface area contributed by atoms with Gasteiger partial charge in [-0.1, -0.05) is 330 Å². The molecular formula is C73H142O17P2. The first kappa shape index (κ1) is 90.1. The summed E-state index contributed by atoms with van der Waals surface area (Å²) in [5.74, 6) is -1.34. The molecule has 0 bridgehead atoms. The Morgan fingerprint density at radius 1 is 0.293 bits per heavy atom. The Morgan fingerprint density at radius 2 is 0.500 bits per heavy atom. The maximum Gasteiger partial charge on any atom is 0.472 e. The molecule has 0 saturated carbocycles. The highest BCUT2D eigenvalue weighted by Crippen LogP contribution is 2.45. The van der Waals surface area contributed by atoms with Crippen LogP contribution in [0.1, 0.15) is 381 Å². The number of ether oxygens (including phenoxy) is 4. The van der Waals surface area contributed by atoms with E-state index in [2.05, 4.69) is 34.6 Å². The van der Waals surface area contributed by atoms with Crippen molar-refractivity contribution >= 4 is 39.5 Å². The molecule has 19 heteroatoms. The molecule has 0 aliphatic carbocycles. The predicted octanol–water partition coefficient (Wildman–Crippen LogP) is 21.3. The van der Waals surface area contributed by atoms with E-state index in [4.69, 9.17) is 37.0 Å². The van der Waals surface area contributed by atoms with Crippen molar-refractivity contribution in [3.63, 3.8) is 0 Å². The molecule has 0 spiro atoms. The molecule has 0 aromatic carbocycles. The van der Waals surface area contributed by atoms with Gasteiger partial charge in [-0.15, -0.1) is 0 Å². The summed E-state index contributed by atoms with van der Waals surface area (Å²) in [5.41, 5.74) is 0. The Balaban J connectivity index is 5.24. The third-order valence-electron chi connectivity index (χ3n) is 17.0. The van der Waals surface area contributed by atoms with Gasteiger partial charge >= 0.3 is 39.5 Å². The summed E-state index contributed by atoms with van der Waals surface area (Å²) in [6.07, 6.45) is 53.9. The van der Waals surface area contributed by atoms with Crippen LogP contribution in [0.3, 0.4) is 0 Å². The van der Waals surface area contributed by atoms with Crippen molar-refractivity contribution in [3.8, 4) is 0 Å². The van der Waals surface area contributed by atoms with E-state index in [1.54, 1.807) is 0 Å². The maximum absolute atomic E-state index is 13.1. The smallest absolute Gasteiger partial charge is 0.462 e. The average Bonchev–Trinajstić information content (AvgIpc) is 3.70. The number of esters is 4. The molecule has 5 atom stereocenters. The Hall–Kier alpha value is -1.94. The molecule has 0 heterocycles. The van der Waals surface area contributed by atoms with Gasteiger partial charge in [0.05, 0.1) is 26.4 Å². The van der Waals surface area contributed by atoms with Crippen molar-refractivity contribution in [2.45, 2.75) is 400 Å². The first-order chi connectivity index (χ1) is 44.5. The number of carbonyl (C=O) groups is 4. The van der Waals surface area contributed by atoms with E-state index >= 15 is 0 Å². The molecule has 0 radical (unpaired) electrons. The lowest BCUT2D eigenvalue weighted by Crippen LogP contribution is -2.30. The van der Waals surface area contributed by atoms with Crippen LogP contribution in [0, 0.1) is 5.92 Å². The van der Waals surface area contributed by atoms with Crippen LogP contribution in [0.2, 0.25) is 0 Å². The molecule has 0 aliphatic heterocycles. The number of carbonyl (C=O) groups excluding carboxylic acids is 4. The number of hydrogen-bond acceptors (Lipinski definition) is 15. The summed E-state index contributed by atoms with van der Waals surface area (Å²) in [4.78, 5) is 72.7. The Bertz CT molecular complexity index is 1770. The molecule has 0 fully saturated rings. The minimum atomic E-state index is -4.95. The number of hydrogen-bond donors (Lipinski definition) is 3. The topological polar surface area (TPSA) is 237 Å². The SMILES string of the molecule is CCCCCCCCCCCCCCCCCC(=O)O[C@H](COC(=O)CCCCCCCCCCCCCC(C)C)COP(=O)(O)OC[C@@H](O)COP(=O)(O)OC[C@@H](COC(=O)CCCCCCCCCCC)OC(=O)CCCCCCCCCCCCCCCC. The van der Waals surface area contributed by atoms with Gasteiger partial charge in [-0.05, 0) is 31.6 Å². The van der Waals surface area contributed by atoms with Crippen molar-refractivity contribution < 1.29 is 80.2 Å². The minimum absolute atomic E-state index is 0.108. The van der Waals surface area contributed by atoms with Crippen molar-refractivity contribution in [2.24, 2.45) is 5.92 Å². The van der Waals surface area contributed by atoms with E-state index in [0.717, 1.165) is 95.8 Å². The monoisotopic (exact) mass is 1350 g/mol. The Morgan fingerprint density at radius 3 is 0.739 bits per heavy atom. The second-order valence-corrected chi connectivity index (χ2v) is 29.7. The average molecular weight is 1350 g/mol. The Labute approximate surface area is 562 Å². The van der Waals surface area contributed by atoms with Crippen molar-refractivity contribution in [1.82, 2.24) is 0 Å². The molecule has 3 N–H and O–H groups in total. The second-order valence-electron chi connectivity index (χ2n) is 26.8. The van der Waals surface area contributed by atoms with E-state index in [1.165, 1.54) is 205 Å². The summed E-state index contributed by atoms with van der Waals surface area (Å²) in [6, 6.07) is 0. The number of unbranched alkanes of at least 4 members (excludes halogenated alkanes) is 45. The third kappa shape index (κ3) is 66.7. The van der Waals surface area contributed by atoms with Gasteiger partial charge in [0.15, 0.2) is 12.2 Å². The van der Waals surface area contributed by atoms with Crippen LogP contribution < -0.4 is 0 Å². The van der Waals surface area contributed by atoms with Crippen LogP contribution in [0.25, 0.3) is 0 Å². The molecule has 0 aliphatic rings. The number of aliphatic hydroxyl groups is 1. The molecule has 2 unspecified atom stereocenters. The van der Waals surface area contributed by atoms with Gasteiger partial charge in [0.1, 0.15) is 19.3 Å². The van der Waals surface area contributed by atoms with Gasteiger partial charge in [0.25, 0.3) is 0 Å². The maximum atomic E-state index is 13.1. The summed E-state index contributed by atoms with van der Waals surface area (Å²) in [7, 11) is -9.90. The fraction of sp³-hybridized carbons (Fsp3) is 0.945. The van der Waals surface area contributed by atoms with Crippen LogP contribution in [-0.2, 0) is 65.4 Å². The summed E-state index contributed by atoms with van der Waals surface area (Å²) >= 11 is 0. The molecule has 0 rings (SSSR count). The number of phosphoric ester groups is 2. The summed E-state index contributed by atoms with van der Waals surface area (Å²) < 4.78 is 68.4. The largest absolute Gasteiger partial charge is 0.472 e. The van der Waals surface area contributed by atoms with Crippen molar-refractivity contribution in [1.29, 1.82) is 0 Å². The van der Waals surface area contributed by atoms with Gasteiger partial charge in [0, 0.05) is 25.7 Å². The second kappa shape index (κ2) is 66.3. The lowest BCUT2D eigenvalue weighted by atomic mass is 10.0. The van der Waals surface area contributed by atoms with E-state index in [0.29, 0.717) is 25.7 Å². The van der Waals surface area contributed by atoms with Crippen LogP contribution in [0.15, 0.2) is 0 Å². The zero-order valence-corrected chi connectivity index (χ0v) is 61.5. The first-order valence-electron chi connectivity index (χ1n) is 38.1. The zero-order valence-electron chi connectivity index (χ0n) is 59.7. The van der Waals surface area contributed by atoms with Gasteiger partial charge in [-0.25, -0.2) is 9.13 Å². The molecular weight excluding hydrogens is 1210 g/mol. The quantitative estimate of drug-likeness (QED) is 0.0222. The van der Waals surface area contributed by atoms with Crippen molar-refractivity contribution in [3.05, 3.63) is 0 Å². The summed E-state index contributed by atoms with van der Waals surface area (Å²) in [5, 5.41) is 10.6. The first-order valence-corrected chi connectivity index (χ1v) is 41.1. The fourth-order valence-electron chi connectivity index (χ4n) is 11.2. The number of aliphatic hydroxyl groups excluding tert-OH is 1. The van der Waals surface area contributed by atoms with Crippen LogP contribution in [0.4, 0.5) is 0 Å². The lowest BCUT2D eigenvalue weighted by Gasteiger charge is -2.21. The highest BCUT2D eigenvalue weighted by molar-refractivity contribution is 7.47. The highest BCUT2D eigenvalue weighted by Gasteiger charge is 2.30. The lowest BCUT2D eigenvalue weighted by molar-refractivity contribution is -0.161. The van der Waals surface area contributed by atoms with Gasteiger partial charge < -0.3 is 33.8 Å². The zero-order chi connectivity index (χ0) is 67.7. The highest BCUT2D eigenvalue weighted by atomic mass is 31.2. The fourth-order valence-corrected chi connectivity index (χ4v) is 12.8. The van der Waals surface area contributed by atoms with Crippen LogP contribution in [0.5, 0.6) is 0 Å². The molecule has 0 saturated heterocycles. The van der Waals surface area contributed by atoms with Crippen LogP contribution >= 0.6 is 15.6 Å². The summed E-state index contributed by atoms with van der Waals surface area (Å²) in [6.45, 7) is 7.27. The Kier molecular flexibility index (Phi) is 64.9. The van der Waals surface area contributed by atoms with Crippen LogP contribution in [-0.4, -0.2) is 96.7 Å². The van der Waals surface area contributed by atoms with E-state index in [-0.39, 0.29) is 25.7 Å². The number of rotatable bonds is 73. The third-order valence-corrected chi connectivity index (χ3v) is 18.9. The number of phosphoric acid groups is 2.